The molecule has 1 atom stereocenters. The van der Waals surface area contributed by atoms with E-state index in [1.165, 1.54) is 5.56 Å². The maximum absolute atomic E-state index is 6.00. The normalized spacial score (nSPS) is 23.6. The molecule has 0 amide bonds. The van der Waals surface area contributed by atoms with Crippen molar-refractivity contribution in [1.82, 2.24) is 5.32 Å². The summed E-state index contributed by atoms with van der Waals surface area (Å²) in [7, 11) is 0. The molecule has 2 rings (SSSR count). The van der Waals surface area contributed by atoms with Crippen LogP contribution in [-0.2, 0) is 4.74 Å². The summed E-state index contributed by atoms with van der Waals surface area (Å²) in [6.07, 6.45) is 2.37. The summed E-state index contributed by atoms with van der Waals surface area (Å²) in [4.78, 5) is 0. The summed E-state index contributed by atoms with van der Waals surface area (Å²) in [5, 5.41) is 4.41. The van der Waals surface area contributed by atoms with Gasteiger partial charge in [0.25, 0.3) is 0 Å². The Morgan fingerprint density at radius 1 is 1.29 bits per heavy atom. The van der Waals surface area contributed by atoms with Crippen LogP contribution in [0.3, 0.4) is 0 Å². The highest BCUT2D eigenvalue weighted by Crippen LogP contribution is 2.28. The highest BCUT2D eigenvalue weighted by molar-refractivity contribution is 6.30. The lowest BCUT2D eigenvalue weighted by Gasteiger charge is -2.40. The second-order valence-electron chi connectivity index (χ2n) is 4.72. The Labute approximate surface area is 108 Å². The van der Waals surface area contributed by atoms with E-state index in [1.54, 1.807) is 0 Å². The fraction of sp³-hybridized carbons (Fsp3) is 0.571. The molecule has 1 N–H and O–H groups in total. The molecule has 0 aromatic heterocycles. The van der Waals surface area contributed by atoms with Gasteiger partial charge < -0.3 is 10.1 Å². The predicted molar refractivity (Wildman–Crippen MR) is 71.5 cm³/mol. The quantitative estimate of drug-likeness (QED) is 0.889. The van der Waals surface area contributed by atoms with Crippen molar-refractivity contribution < 1.29 is 4.74 Å². The molecule has 2 nitrogen and oxygen atoms in total. The lowest BCUT2D eigenvalue weighted by molar-refractivity contribution is -0.0374. The van der Waals surface area contributed by atoms with Crippen LogP contribution < -0.4 is 5.32 Å². The second-order valence-corrected chi connectivity index (χ2v) is 5.16. The molecule has 1 aliphatic rings. The van der Waals surface area contributed by atoms with Crippen molar-refractivity contribution in [3.05, 3.63) is 34.9 Å². The molecule has 0 radical (unpaired) electrons. The molecular weight excluding hydrogens is 234 g/mol. The van der Waals surface area contributed by atoms with E-state index in [0.29, 0.717) is 0 Å². The maximum atomic E-state index is 6.00. The van der Waals surface area contributed by atoms with E-state index in [4.69, 9.17) is 16.3 Å². The van der Waals surface area contributed by atoms with E-state index in [9.17, 15) is 0 Å². The minimum atomic E-state index is 0.151. The van der Waals surface area contributed by atoms with Crippen molar-refractivity contribution in [1.29, 1.82) is 0 Å². The van der Waals surface area contributed by atoms with E-state index in [-0.39, 0.29) is 11.6 Å². The van der Waals surface area contributed by atoms with Gasteiger partial charge in [-0.25, -0.2) is 0 Å². The number of hydrogen-bond acceptors (Lipinski definition) is 2. The minimum Gasteiger partial charge on any atom is -0.370 e. The molecule has 3 heteroatoms. The number of hydrogen-bond donors (Lipinski definition) is 1. The lowest BCUT2D eigenvalue weighted by atomic mass is 9.91. The van der Waals surface area contributed by atoms with E-state index in [2.05, 4.69) is 19.2 Å². The summed E-state index contributed by atoms with van der Waals surface area (Å²) in [6, 6.07) is 7.92. The van der Waals surface area contributed by atoms with Crippen LogP contribution in [0.4, 0.5) is 0 Å². The van der Waals surface area contributed by atoms with Gasteiger partial charge in [-0.1, -0.05) is 37.6 Å². The zero-order chi connectivity index (χ0) is 12.3. The zero-order valence-corrected chi connectivity index (χ0v) is 11.3. The smallest absolute Gasteiger partial charge is 0.0950 e. The van der Waals surface area contributed by atoms with Crippen LogP contribution in [0.25, 0.3) is 0 Å². The SMILES string of the molecule is CCC1(CC)COC(c2ccc(Cl)cc2)CN1. The number of rotatable bonds is 3. The molecule has 1 fully saturated rings. The molecule has 0 bridgehead atoms. The Morgan fingerprint density at radius 3 is 2.41 bits per heavy atom. The Bertz CT molecular complexity index is 349. The molecule has 94 valence electrons. The largest absolute Gasteiger partial charge is 0.370 e. The third-order valence-corrected chi connectivity index (χ3v) is 4.07. The molecule has 1 unspecified atom stereocenters. The highest BCUT2D eigenvalue weighted by atomic mass is 35.5. The van der Waals surface area contributed by atoms with Gasteiger partial charge in [0, 0.05) is 17.1 Å². The van der Waals surface area contributed by atoms with E-state index < -0.39 is 0 Å². The van der Waals surface area contributed by atoms with Gasteiger partial charge in [-0.15, -0.1) is 0 Å². The summed E-state index contributed by atoms with van der Waals surface area (Å²) in [6.45, 7) is 6.08. The van der Waals surface area contributed by atoms with Gasteiger partial charge in [0.2, 0.25) is 0 Å². The van der Waals surface area contributed by atoms with Gasteiger partial charge >= 0.3 is 0 Å². The van der Waals surface area contributed by atoms with Crippen LogP contribution >= 0.6 is 11.6 Å². The highest BCUT2D eigenvalue weighted by Gasteiger charge is 2.32. The summed E-state index contributed by atoms with van der Waals surface area (Å²) in [5.41, 5.74) is 1.37. The van der Waals surface area contributed by atoms with Crippen molar-refractivity contribution >= 4 is 11.6 Å². The molecule has 0 saturated carbocycles. The maximum Gasteiger partial charge on any atom is 0.0950 e. The fourth-order valence-electron chi connectivity index (χ4n) is 2.27. The van der Waals surface area contributed by atoms with Crippen molar-refractivity contribution in [3.63, 3.8) is 0 Å². The molecule has 1 aromatic rings. The average molecular weight is 254 g/mol. The molecule has 1 aliphatic heterocycles. The summed E-state index contributed by atoms with van der Waals surface area (Å²) >= 11 is 5.88. The first-order chi connectivity index (χ1) is 8.19. The predicted octanol–water partition coefficient (Wildman–Crippen LogP) is 3.56. The van der Waals surface area contributed by atoms with Gasteiger partial charge in [-0.3, -0.25) is 0 Å². The fourth-order valence-corrected chi connectivity index (χ4v) is 2.40. The first-order valence-electron chi connectivity index (χ1n) is 6.31. The van der Waals surface area contributed by atoms with Gasteiger partial charge in [-0.2, -0.15) is 0 Å². The molecule has 1 heterocycles. The third kappa shape index (κ3) is 2.82. The summed E-state index contributed by atoms with van der Waals surface area (Å²) < 4.78 is 6.00. The summed E-state index contributed by atoms with van der Waals surface area (Å²) in [5.74, 6) is 0. The number of ether oxygens (including phenoxy) is 1. The molecule has 1 saturated heterocycles. The first kappa shape index (κ1) is 12.9. The van der Waals surface area contributed by atoms with Crippen molar-refractivity contribution in [2.75, 3.05) is 13.2 Å². The standard InChI is InChI=1S/C14H20ClNO/c1-3-14(4-2)10-17-13(9-16-14)11-5-7-12(15)8-6-11/h5-8,13,16H,3-4,9-10H2,1-2H3. The first-order valence-corrected chi connectivity index (χ1v) is 6.69. The Kier molecular flexibility index (Phi) is 4.08. The lowest BCUT2D eigenvalue weighted by Crippen LogP contribution is -2.54. The van der Waals surface area contributed by atoms with Gasteiger partial charge in [-0.05, 0) is 30.5 Å². The number of benzene rings is 1. The topological polar surface area (TPSA) is 21.3 Å². The molecule has 1 aromatic carbocycles. The van der Waals surface area contributed by atoms with E-state index >= 15 is 0 Å². The van der Waals surface area contributed by atoms with Gasteiger partial charge in [0.05, 0.1) is 12.7 Å². The molecule has 0 aliphatic carbocycles. The Hall–Kier alpha value is -0.570. The van der Waals surface area contributed by atoms with Gasteiger partial charge in [0.1, 0.15) is 0 Å². The minimum absolute atomic E-state index is 0.151. The Balaban J connectivity index is 2.01. The molecule has 0 spiro atoms. The van der Waals surface area contributed by atoms with Crippen LogP contribution in [-0.4, -0.2) is 18.7 Å². The van der Waals surface area contributed by atoms with Crippen LogP contribution in [0.15, 0.2) is 24.3 Å². The third-order valence-electron chi connectivity index (χ3n) is 3.82. The Morgan fingerprint density at radius 2 is 1.94 bits per heavy atom. The van der Waals surface area contributed by atoms with Crippen LogP contribution in [0, 0.1) is 0 Å². The zero-order valence-electron chi connectivity index (χ0n) is 10.5. The average Bonchev–Trinajstić information content (AvgIpc) is 2.40. The van der Waals surface area contributed by atoms with Crippen molar-refractivity contribution in [2.24, 2.45) is 0 Å². The van der Waals surface area contributed by atoms with Crippen molar-refractivity contribution in [2.45, 2.75) is 38.3 Å². The molecular formula is C14H20ClNO. The van der Waals surface area contributed by atoms with Crippen LogP contribution in [0.5, 0.6) is 0 Å². The van der Waals surface area contributed by atoms with E-state index in [0.717, 1.165) is 31.0 Å². The van der Waals surface area contributed by atoms with Gasteiger partial charge in [0.15, 0.2) is 0 Å². The van der Waals surface area contributed by atoms with E-state index in [1.807, 2.05) is 24.3 Å². The monoisotopic (exact) mass is 253 g/mol. The second kappa shape index (κ2) is 5.38. The van der Waals surface area contributed by atoms with Crippen LogP contribution in [0.2, 0.25) is 5.02 Å². The van der Waals surface area contributed by atoms with Crippen LogP contribution in [0.1, 0.15) is 38.4 Å². The number of halogens is 1. The number of nitrogens with one attached hydrogen (secondary N) is 1. The number of morpholine rings is 1. The molecule has 17 heavy (non-hydrogen) atoms. The van der Waals surface area contributed by atoms with Crippen molar-refractivity contribution in [3.8, 4) is 0 Å².